The fourth-order valence-corrected chi connectivity index (χ4v) is 3.72. The molecule has 142 valence electrons. The molecule has 0 aliphatic carbocycles. The Kier molecular flexibility index (Phi) is 5.20. The van der Waals surface area contributed by atoms with Gasteiger partial charge in [-0.05, 0) is 36.8 Å². The monoisotopic (exact) mass is 367 g/mol. The Balaban J connectivity index is 1.53. The third-order valence-corrected chi connectivity index (χ3v) is 5.18. The molecule has 1 atom stereocenters. The molecule has 1 aromatic carbocycles. The average Bonchev–Trinajstić information content (AvgIpc) is 2.88. The summed E-state index contributed by atoms with van der Waals surface area (Å²) >= 11 is 0. The first-order valence-electron chi connectivity index (χ1n) is 9.34. The van der Waals surface area contributed by atoms with E-state index in [0.29, 0.717) is 19.8 Å². The first-order chi connectivity index (χ1) is 13.1. The molecular formula is C21H25N3O3. The van der Waals surface area contributed by atoms with Crippen LogP contribution in [0.4, 0.5) is 5.69 Å². The first kappa shape index (κ1) is 18.1. The van der Waals surface area contributed by atoms with Crippen molar-refractivity contribution in [3.8, 4) is 0 Å². The van der Waals surface area contributed by atoms with Crippen LogP contribution < -0.4 is 4.90 Å². The largest absolute Gasteiger partial charge is 0.377 e. The highest BCUT2D eigenvalue weighted by Crippen LogP contribution is 2.28. The van der Waals surface area contributed by atoms with Crippen molar-refractivity contribution in [2.24, 2.45) is 0 Å². The number of ether oxygens (including phenoxy) is 2. The Labute approximate surface area is 159 Å². The van der Waals surface area contributed by atoms with Crippen molar-refractivity contribution < 1.29 is 14.3 Å². The number of anilines is 1. The van der Waals surface area contributed by atoms with Gasteiger partial charge in [-0.1, -0.05) is 17.7 Å². The summed E-state index contributed by atoms with van der Waals surface area (Å²) < 4.78 is 11.9. The second-order valence-electron chi connectivity index (χ2n) is 7.41. The summed E-state index contributed by atoms with van der Waals surface area (Å²) in [6.07, 6.45) is 3.63. The van der Waals surface area contributed by atoms with Gasteiger partial charge in [-0.25, -0.2) is 0 Å². The Morgan fingerprint density at radius 1 is 1.11 bits per heavy atom. The summed E-state index contributed by atoms with van der Waals surface area (Å²) in [6, 6.07) is 12.1. The van der Waals surface area contributed by atoms with Crippen molar-refractivity contribution in [2.75, 3.05) is 44.4 Å². The molecule has 2 aliphatic heterocycles. The quantitative estimate of drug-likeness (QED) is 0.831. The highest BCUT2D eigenvalue weighted by atomic mass is 16.6. The molecule has 27 heavy (non-hydrogen) atoms. The molecule has 0 saturated carbocycles. The number of aryl methyl sites for hydroxylation is 1. The predicted molar refractivity (Wildman–Crippen MR) is 103 cm³/mol. The normalized spacial score (nSPS) is 24.2. The van der Waals surface area contributed by atoms with Gasteiger partial charge in [0.05, 0.1) is 19.8 Å². The van der Waals surface area contributed by atoms with Crippen molar-refractivity contribution in [2.45, 2.75) is 19.1 Å². The summed E-state index contributed by atoms with van der Waals surface area (Å²) in [7, 11) is 0. The van der Waals surface area contributed by atoms with Crippen molar-refractivity contribution in [1.82, 2.24) is 9.88 Å². The standard InChI is InChI=1S/C21H25N3O3/c1-17-2-4-19(5-3-17)24-15-21(27-13-20(24)25)14-23(10-11-26-16-21)12-18-6-8-22-9-7-18/h2-9H,10-16H2,1H3. The minimum absolute atomic E-state index is 0.00518. The molecule has 6 nitrogen and oxygen atoms in total. The number of rotatable bonds is 3. The van der Waals surface area contributed by atoms with Crippen LogP contribution in [0.15, 0.2) is 48.8 Å². The first-order valence-corrected chi connectivity index (χ1v) is 9.34. The van der Waals surface area contributed by atoms with E-state index in [9.17, 15) is 4.79 Å². The molecule has 2 aromatic rings. The lowest BCUT2D eigenvalue weighted by Gasteiger charge is -2.43. The van der Waals surface area contributed by atoms with Crippen molar-refractivity contribution >= 4 is 11.6 Å². The van der Waals surface area contributed by atoms with Gasteiger partial charge >= 0.3 is 0 Å². The molecule has 2 saturated heterocycles. The lowest BCUT2D eigenvalue weighted by atomic mass is 10.0. The molecule has 2 aliphatic rings. The number of pyridine rings is 1. The number of carbonyl (C=O) groups excluding carboxylic acids is 1. The molecule has 4 rings (SSSR count). The predicted octanol–water partition coefficient (Wildman–Crippen LogP) is 2.02. The van der Waals surface area contributed by atoms with Gasteiger partial charge in [-0.15, -0.1) is 0 Å². The van der Waals surface area contributed by atoms with Gasteiger partial charge in [-0.2, -0.15) is 0 Å². The van der Waals surface area contributed by atoms with Crippen LogP contribution in [-0.2, 0) is 20.8 Å². The minimum Gasteiger partial charge on any atom is -0.377 e. The maximum Gasteiger partial charge on any atom is 0.253 e. The number of hydrogen-bond acceptors (Lipinski definition) is 5. The molecule has 3 heterocycles. The number of aromatic nitrogens is 1. The van der Waals surface area contributed by atoms with Crippen molar-refractivity contribution in [1.29, 1.82) is 0 Å². The Morgan fingerprint density at radius 2 is 1.89 bits per heavy atom. The van der Waals surface area contributed by atoms with Gasteiger partial charge in [-0.3, -0.25) is 14.7 Å². The molecule has 1 unspecified atom stereocenters. The number of amides is 1. The number of nitrogens with zero attached hydrogens (tertiary/aromatic N) is 3. The van der Waals surface area contributed by atoms with Crippen LogP contribution >= 0.6 is 0 Å². The lowest BCUT2D eigenvalue weighted by molar-refractivity contribution is -0.146. The third kappa shape index (κ3) is 4.18. The van der Waals surface area contributed by atoms with E-state index >= 15 is 0 Å². The van der Waals surface area contributed by atoms with Crippen LogP contribution in [0.1, 0.15) is 11.1 Å². The summed E-state index contributed by atoms with van der Waals surface area (Å²) in [4.78, 5) is 20.8. The van der Waals surface area contributed by atoms with E-state index in [-0.39, 0.29) is 12.5 Å². The Bertz CT molecular complexity index is 781. The molecule has 0 bridgehead atoms. The maximum absolute atomic E-state index is 12.5. The van der Waals surface area contributed by atoms with Gasteiger partial charge in [0.15, 0.2) is 0 Å². The zero-order chi connectivity index (χ0) is 18.7. The fourth-order valence-electron chi connectivity index (χ4n) is 3.72. The second-order valence-corrected chi connectivity index (χ2v) is 7.41. The van der Waals surface area contributed by atoms with Crippen molar-refractivity contribution in [3.63, 3.8) is 0 Å². The molecule has 0 N–H and O–H groups in total. The van der Waals surface area contributed by atoms with Gasteiger partial charge in [0, 0.05) is 37.7 Å². The van der Waals surface area contributed by atoms with Gasteiger partial charge in [0.2, 0.25) is 0 Å². The molecular weight excluding hydrogens is 342 g/mol. The summed E-state index contributed by atoms with van der Waals surface area (Å²) in [6.45, 7) is 6.17. The molecule has 1 amide bonds. The fraction of sp³-hybridized carbons (Fsp3) is 0.429. The van der Waals surface area contributed by atoms with Gasteiger partial charge < -0.3 is 14.4 Å². The van der Waals surface area contributed by atoms with Crippen LogP contribution in [0.25, 0.3) is 0 Å². The zero-order valence-electron chi connectivity index (χ0n) is 15.6. The third-order valence-electron chi connectivity index (χ3n) is 5.18. The van der Waals surface area contributed by atoms with E-state index in [0.717, 1.165) is 25.3 Å². The maximum atomic E-state index is 12.5. The number of morpholine rings is 1. The molecule has 2 fully saturated rings. The summed E-state index contributed by atoms with van der Waals surface area (Å²) in [5.74, 6) is -0.00518. The van der Waals surface area contributed by atoms with Crippen LogP contribution in [0, 0.1) is 6.92 Å². The topological polar surface area (TPSA) is 54.9 Å². The summed E-state index contributed by atoms with van der Waals surface area (Å²) in [5, 5.41) is 0. The smallest absolute Gasteiger partial charge is 0.253 e. The van der Waals surface area contributed by atoms with Crippen LogP contribution in [-0.4, -0.2) is 60.8 Å². The molecule has 1 spiro atoms. The van der Waals surface area contributed by atoms with Gasteiger partial charge in [0.1, 0.15) is 12.2 Å². The second kappa shape index (κ2) is 7.76. The van der Waals surface area contributed by atoms with Crippen LogP contribution in [0.2, 0.25) is 0 Å². The van der Waals surface area contributed by atoms with Crippen LogP contribution in [0.5, 0.6) is 0 Å². The van der Waals surface area contributed by atoms with E-state index in [4.69, 9.17) is 9.47 Å². The molecule has 0 radical (unpaired) electrons. The number of hydrogen-bond donors (Lipinski definition) is 0. The van der Waals surface area contributed by atoms with Crippen LogP contribution in [0.3, 0.4) is 0 Å². The van der Waals surface area contributed by atoms with E-state index < -0.39 is 5.60 Å². The highest BCUT2D eigenvalue weighted by molar-refractivity contribution is 5.95. The Hall–Kier alpha value is -2.28. The lowest BCUT2D eigenvalue weighted by Crippen LogP contribution is -2.60. The van der Waals surface area contributed by atoms with E-state index in [1.54, 1.807) is 0 Å². The summed E-state index contributed by atoms with van der Waals surface area (Å²) in [5.41, 5.74) is 2.79. The molecule has 1 aromatic heterocycles. The highest BCUT2D eigenvalue weighted by Gasteiger charge is 2.43. The Morgan fingerprint density at radius 3 is 2.67 bits per heavy atom. The average molecular weight is 367 g/mol. The molecule has 6 heteroatoms. The minimum atomic E-state index is -0.512. The SMILES string of the molecule is Cc1ccc(N2CC3(COCCN(Cc4ccncc4)C3)OCC2=O)cc1. The number of carbonyl (C=O) groups is 1. The van der Waals surface area contributed by atoms with E-state index in [1.807, 2.05) is 60.6 Å². The van der Waals surface area contributed by atoms with Crippen molar-refractivity contribution in [3.05, 3.63) is 59.9 Å². The van der Waals surface area contributed by atoms with E-state index in [1.165, 1.54) is 11.1 Å². The van der Waals surface area contributed by atoms with Gasteiger partial charge in [0.25, 0.3) is 5.91 Å². The number of benzene rings is 1. The zero-order valence-corrected chi connectivity index (χ0v) is 15.6. The van der Waals surface area contributed by atoms with E-state index in [2.05, 4.69) is 9.88 Å².